The van der Waals surface area contributed by atoms with Crippen LogP contribution in [0.25, 0.3) is 0 Å². The van der Waals surface area contributed by atoms with Gasteiger partial charge in [-0.05, 0) is 45.2 Å². The fourth-order valence-corrected chi connectivity index (χ4v) is 3.26. The van der Waals surface area contributed by atoms with Gasteiger partial charge in [-0.15, -0.1) is 0 Å². The van der Waals surface area contributed by atoms with Crippen LogP contribution >= 0.6 is 0 Å². The second-order valence-electron chi connectivity index (χ2n) is 9.05. The van der Waals surface area contributed by atoms with Crippen LogP contribution in [0.15, 0.2) is 24.3 Å². The van der Waals surface area contributed by atoms with Crippen molar-refractivity contribution in [3.63, 3.8) is 0 Å². The normalized spacial score (nSPS) is 12.3. The van der Waals surface area contributed by atoms with E-state index < -0.39 is 53.9 Å². The third-order valence-corrected chi connectivity index (χ3v) is 4.91. The molecule has 4 amide bonds. The van der Waals surface area contributed by atoms with Gasteiger partial charge < -0.3 is 25.8 Å². The van der Waals surface area contributed by atoms with E-state index in [1.54, 1.807) is 52.0 Å². The van der Waals surface area contributed by atoms with Crippen molar-refractivity contribution in [2.45, 2.75) is 71.6 Å². The molecule has 0 bridgehead atoms. The predicted octanol–water partition coefficient (Wildman–Crippen LogP) is 1.55. The zero-order chi connectivity index (χ0) is 28.2. The lowest BCUT2D eigenvalue weighted by molar-refractivity contribution is -0.143. The molecule has 0 aliphatic heterocycles. The van der Waals surface area contributed by atoms with Crippen LogP contribution in [-0.4, -0.2) is 59.5 Å². The lowest BCUT2D eigenvalue weighted by Crippen LogP contribution is -2.52. The lowest BCUT2D eigenvalue weighted by atomic mass is 10.0. The summed E-state index contributed by atoms with van der Waals surface area (Å²) >= 11 is 0. The molecule has 0 aliphatic rings. The topological polar surface area (TPSA) is 157 Å². The van der Waals surface area contributed by atoms with Crippen molar-refractivity contribution >= 4 is 29.8 Å². The first kappa shape index (κ1) is 31.0. The summed E-state index contributed by atoms with van der Waals surface area (Å²) in [6.45, 7) is 8.64. The molecular formula is C26H36N4O7. The molecule has 0 saturated heterocycles. The molecule has 202 valence electrons. The molecule has 1 aromatic carbocycles. The number of nitrogens with zero attached hydrogens (tertiary/aromatic N) is 1. The van der Waals surface area contributed by atoms with Crippen molar-refractivity contribution in [2.75, 3.05) is 13.2 Å². The standard InChI is InChI=1S/C26H36N4O7/c1-7-17-10-12-18(13-11-17)22(23(33)28-15-14-21(32)36-9-3)30(8-2)24(34)19(16-20(27)31)29-25(35)37-26(4,5)6/h2,10-13,19,22H,7,9,14-16H2,1,3-6H3,(H2,27,31)(H,28,33)(H,29,35). The number of rotatable bonds is 12. The second kappa shape index (κ2) is 14.5. The van der Waals surface area contributed by atoms with E-state index in [1.165, 1.54) is 0 Å². The van der Waals surface area contributed by atoms with Crippen LogP contribution in [0, 0.1) is 12.5 Å². The minimum Gasteiger partial charge on any atom is -0.466 e. The highest BCUT2D eigenvalue weighted by Crippen LogP contribution is 2.23. The van der Waals surface area contributed by atoms with Gasteiger partial charge in [-0.2, -0.15) is 0 Å². The number of alkyl carbamates (subject to hydrolysis) is 1. The maximum absolute atomic E-state index is 13.5. The summed E-state index contributed by atoms with van der Waals surface area (Å²) in [6.07, 6.45) is 4.77. The molecule has 0 spiro atoms. The fraction of sp³-hybridized carbons (Fsp3) is 0.500. The van der Waals surface area contributed by atoms with Crippen LogP contribution in [0.4, 0.5) is 4.79 Å². The van der Waals surface area contributed by atoms with Crippen LogP contribution in [0.1, 0.15) is 64.6 Å². The van der Waals surface area contributed by atoms with E-state index in [0.717, 1.165) is 16.9 Å². The molecule has 0 aliphatic carbocycles. The maximum atomic E-state index is 13.5. The highest BCUT2D eigenvalue weighted by Gasteiger charge is 2.36. The number of amides is 4. The third kappa shape index (κ3) is 10.6. The first-order valence-corrected chi connectivity index (χ1v) is 11.9. The Bertz CT molecular complexity index is 1010. The zero-order valence-corrected chi connectivity index (χ0v) is 22.0. The van der Waals surface area contributed by atoms with E-state index in [-0.39, 0.29) is 19.6 Å². The molecule has 11 heteroatoms. The molecule has 11 nitrogen and oxygen atoms in total. The van der Waals surface area contributed by atoms with Gasteiger partial charge in [0.25, 0.3) is 5.91 Å². The molecule has 0 fully saturated rings. The van der Waals surface area contributed by atoms with Crippen LogP contribution < -0.4 is 16.4 Å². The SMILES string of the molecule is C#CN(C(=O)C(CC(N)=O)NC(=O)OC(C)(C)C)C(C(=O)NCCC(=O)OCC)c1ccc(CC)cc1. The molecule has 2 unspecified atom stereocenters. The number of carbonyl (C=O) groups excluding carboxylic acids is 5. The molecular weight excluding hydrogens is 480 g/mol. The molecule has 0 radical (unpaired) electrons. The molecule has 1 rings (SSSR count). The summed E-state index contributed by atoms with van der Waals surface area (Å²) in [5, 5.41) is 4.90. The Kier molecular flexibility index (Phi) is 12.1. The Morgan fingerprint density at radius 3 is 2.22 bits per heavy atom. The quantitative estimate of drug-likeness (QED) is 0.216. The number of carbonyl (C=O) groups is 5. The Morgan fingerprint density at radius 1 is 1.11 bits per heavy atom. The first-order valence-electron chi connectivity index (χ1n) is 11.9. The van der Waals surface area contributed by atoms with Gasteiger partial charge in [0.2, 0.25) is 11.8 Å². The van der Waals surface area contributed by atoms with E-state index in [0.29, 0.717) is 5.56 Å². The number of hydrogen-bond donors (Lipinski definition) is 3. The van der Waals surface area contributed by atoms with Crippen molar-refractivity contribution in [3.05, 3.63) is 35.4 Å². The van der Waals surface area contributed by atoms with Gasteiger partial charge in [-0.3, -0.25) is 24.1 Å². The van der Waals surface area contributed by atoms with Gasteiger partial charge >= 0.3 is 12.1 Å². The summed E-state index contributed by atoms with van der Waals surface area (Å²) in [6, 6.07) is 6.24. The van der Waals surface area contributed by atoms with Gasteiger partial charge in [-0.1, -0.05) is 37.6 Å². The first-order chi connectivity index (χ1) is 17.3. The van der Waals surface area contributed by atoms with Crippen molar-refractivity contribution in [1.82, 2.24) is 15.5 Å². The number of primary amides is 1. The van der Waals surface area contributed by atoms with E-state index >= 15 is 0 Å². The monoisotopic (exact) mass is 516 g/mol. The summed E-state index contributed by atoms with van der Waals surface area (Å²) in [5.74, 6) is -2.97. The number of benzene rings is 1. The molecule has 0 saturated carbocycles. The molecule has 0 aromatic heterocycles. The second-order valence-corrected chi connectivity index (χ2v) is 9.05. The van der Waals surface area contributed by atoms with Gasteiger partial charge in [0.15, 0.2) is 0 Å². The van der Waals surface area contributed by atoms with Crippen LogP contribution in [0.5, 0.6) is 0 Å². The van der Waals surface area contributed by atoms with Gasteiger partial charge in [0.05, 0.1) is 19.4 Å². The van der Waals surface area contributed by atoms with Crippen molar-refractivity contribution in [2.24, 2.45) is 5.73 Å². The van der Waals surface area contributed by atoms with E-state index in [4.69, 9.17) is 21.6 Å². The molecule has 37 heavy (non-hydrogen) atoms. The molecule has 0 heterocycles. The summed E-state index contributed by atoms with van der Waals surface area (Å²) in [4.78, 5) is 63.2. The minimum atomic E-state index is -1.49. The Labute approximate surface area is 217 Å². The number of nitrogens with one attached hydrogen (secondary N) is 2. The maximum Gasteiger partial charge on any atom is 0.408 e. The Hall–Kier alpha value is -4.07. The number of terminal acetylenes is 1. The molecule has 4 N–H and O–H groups in total. The van der Waals surface area contributed by atoms with Crippen LogP contribution in [0.3, 0.4) is 0 Å². The minimum absolute atomic E-state index is 0.0608. The number of hydrogen-bond acceptors (Lipinski definition) is 7. The van der Waals surface area contributed by atoms with E-state index in [1.807, 2.05) is 6.92 Å². The highest BCUT2D eigenvalue weighted by atomic mass is 16.6. The van der Waals surface area contributed by atoms with Crippen molar-refractivity contribution in [3.8, 4) is 12.5 Å². The molecule has 1 aromatic rings. The van der Waals surface area contributed by atoms with Crippen LogP contribution in [0.2, 0.25) is 0 Å². The number of ether oxygens (including phenoxy) is 2. The van der Waals surface area contributed by atoms with Gasteiger partial charge in [0.1, 0.15) is 17.7 Å². The smallest absolute Gasteiger partial charge is 0.408 e. The summed E-state index contributed by atoms with van der Waals surface area (Å²) < 4.78 is 10.0. The number of esters is 1. The van der Waals surface area contributed by atoms with Crippen molar-refractivity contribution < 1.29 is 33.4 Å². The Balaban J connectivity index is 3.31. The third-order valence-electron chi connectivity index (χ3n) is 4.91. The van der Waals surface area contributed by atoms with E-state index in [2.05, 4.69) is 16.7 Å². The number of nitrogens with two attached hydrogens (primary N) is 1. The largest absolute Gasteiger partial charge is 0.466 e. The van der Waals surface area contributed by atoms with Crippen molar-refractivity contribution in [1.29, 1.82) is 0 Å². The average molecular weight is 517 g/mol. The highest BCUT2D eigenvalue weighted by molar-refractivity contribution is 5.95. The lowest BCUT2D eigenvalue weighted by Gasteiger charge is -2.30. The summed E-state index contributed by atoms with van der Waals surface area (Å²) in [7, 11) is 0. The van der Waals surface area contributed by atoms with E-state index in [9.17, 15) is 24.0 Å². The fourth-order valence-electron chi connectivity index (χ4n) is 3.26. The molecule has 2 atom stereocenters. The Morgan fingerprint density at radius 2 is 1.73 bits per heavy atom. The zero-order valence-electron chi connectivity index (χ0n) is 22.0. The van der Waals surface area contributed by atoms with Gasteiger partial charge in [-0.25, -0.2) is 4.79 Å². The predicted molar refractivity (Wildman–Crippen MR) is 135 cm³/mol. The van der Waals surface area contributed by atoms with Crippen LogP contribution in [-0.2, 0) is 35.1 Å². The average Bonchev–Trinajstić information content (AvgIpc) is 2.80. The van der Waals surface area contributed by atoms with Gasteiger partial charge in [0, 0.05) is 12.6 Å². The summed E-state index contributed by atoms with van der Waals surface area (Å²) in [5.41, 5.74) is 5.79. The number of aryl methyl sites for hydroxylation is 1.